The summed E-state index contributed by atoms with van der Waals surface area (Å²) in [5.41, 5.74) is 2.23. The Morgan fingerprint density at radius 2 is 2.07 bits per heavy atom. The number of aromatic amines is 1. The third kappa shape index (κ3) is 4.40. The molecule has 3 aromatic heterocycles. The lowest BCUT2D eigenvalue weighted by molar-refractivity contribution is 0.101. The molecule has 0 bridgehead atoms. The quantitative estimate of drug-likeness (QED) is 0.402. The highest BCUT2D eigenvalue weighted by molar-refractivity contribution is 5.95. The molecule has 3 aromatic rings. The van der Waals surface area contributed by atoms with Crippen molar-refractivity contribution >= 4 is 16.8 Å². The summed E-state index contributed by atoms with van der Waals surface area (Å²) in [6.07, 6.45) is 3.94. The van der Waals surface area contributed by atoms with Crippen LogP contribution >= 0.6 is 0 Å². The third-order valence-corrected chi connectivity index (χ3v) is 4.76. The summed E-state index contributed by atoms with van der Waals surface area (Å²) in [4.78, 5) is 36.6. The molecule has 0 aromatic carbocycles. The Morgan fingerprint density at radius 1 is 1.27 bits per heavy atom. The molecular formula is C21H27N5O4. The molecule has 0 unspecified atom stereocenters. The Kier molecular flexibility index (Phi) is 6.94. The number of rotatable bonds is 10. The molecule has 0 fully saturated rings. The predicted molar refractivity (Wildman–Crippen MR) is 113 cm³/mol. The van der Waals surface area contributed by atoms with Gasteiger partial charge in [0, 0.05) is 18.9 Å². The van der Waals surface area contributed by atoms with Crippen LogP contribution in [0.4, 0.5) is 0 Å². The van der Waals surface area contributed by atoms with Crippen LogP contribution in [0.25, 0.3) is 22.4 Å². The summed E-state index contributed by atoms with van der Waals surface area (Å²) in [6, 6.07) is 1.65. The second kappa shape index (κ2) is 9.62. The number of Topliss-reactive ketones (excluding diaryl/α,β-unsaturated/α-hetero) is 1. The normalized spacial score (nSPS) is 11.2. The van der Waals surface area contributed by atoms with Crippen LogP contribution in [0, 0.1) is 0 Å². The number of ether oxygens (including phenoxy) is 2. The first kappa shape index (κ1) is 21.6. The number of aryl methyl sites for hydroxylation is 1. The Bertz CT molecular complexity index is 1100. The highest BCUT2D eigenvalue weighted by Gasteiger charge is 2.19. The van der Waals surface area contributed by atoms with Crippen LogP contribution < -0.4 is 10.3 Å². The standard InChI is InChI=1S/C21H27N5O4/c1-5-7-9-30-21-15(11-14(12-22-21)13(3)27)19-23-17-16(6-2)25-26(8-10-29-4)18(17)20(28)24-19/h11-12H,5-10H2,1-4H3,(H,23,24,28). The highest BCUT2D eigenvalue weighted by atomic mass is 16.5. The molecule has 3 rings (SSSR count). The zero-order valence-corrected chi connectivity index (χ0v) is 17.8. The molecule has 0 spiro atoms. The average Bonchev–Trinajstić information content (AvgIpc) is 3.10. The van der Waals surface area contributed by atoms with E-state index in [0.29, 0.717) is 60.0 Å². The molecule has 0 amide bonds. The maximum atomic E-state index is 13.0. The smallest absolute Gasteiger partial charge is 0.277 e. The van der Waals surface area contributed by atoms with Crippen LogP contribution in [0.2, 0.25) is 0 Å². The summed E-state index contributed by atoms with van der Waals surface area (Å²) in [5.74, 6) is 0.505. The van der Waals surface area contributed by atoms with Crippen molar-refractivity contribution in [3.63, 3.8) is 0 Å². The van der Waals surface area contributed by atoms with Gasteiger partial charge in [-0.2, -0.15) is 5.10 Å². The van der Waals surface area contributed by atoms with Crippen molar-refractivity contribution in [1.82, 2.24) is 24.7 Å². The van der Waals surface area contributed by atoms with E-state index in [4.69, 9.17) is 9.47 Å². The molecule has 0 aliphatic carbocycles. The monoisotopic (exact) mass is 413 g/mol. The van der Waals surface area contributed by atoms with Gasteiger partial charge in [0.25, 0.3) is 5.56 Å². The number of carbonyl (C=O) groups excluding carboxylic acids is 1. The van der Waals surface area contributed by atoms with Crippen LogP contribution in [0.15, 0.2) is 17.1 Å². The average molecular weight is 413 g/mol. The fraction of sp³-hybridized carbons (Fsp3) is 0.476. The number of hydrogen-bond donors (Lipinski definition) is 1. The Hall–Kier alpha value is -3.07. The van der Waals surface area contributed by atoms with E-state index in [1.165, 1.54) is 13.1 Å². The van der Waals surface area contributed by atoms with Crippen LogP contribution in [-0.4, -0.2) is 50.8 Å². The van der Waals surface area contributed by atoms with Gasteiger partial charge in [0.2, 0.25) is 5.88 Å². The van der Waals surface area contributed by atoms with E-state index < -0.39 is 0 Å². The fourth-order valence-electron chi connectivity index (χ4n) is 3.10. The van der Waals surface area contributed by atoms with Crippen LogP contribution in [0.3, 0.4) is 0 Å². The highest BCUT2D eigenvalue weighted by Crippen LogP contribution is 2.28. The molecule has 0 saturated carbocycles. The molecule has 0 atom stereocenters. The molecule has 3 heterocycles. The third-order valence-electron chi connectivity index (χ3n) is 4.76. The molecule has 160 valence electrons. The minimum absolute atomic E-state index is 0.131. The minimum atomic E-state index is -0.314. The molecule has 9 heteroatoms. The van der Waals surface area contributed by atoms with Gasteiger partial charge in [-0.05, 0) is 25.8 Å². The maximum absolute atomic E-state index is 13.0. The summed E-state index contributed by atoms with van der Waals surface area (Å²) in [7, 11) is 1.60. The molecule has 9 nitrogen and oxygen atoms in total. The van der Waals surface area contributed by atoms with Gasteiger partial charge < -0.3 is 14.5 Å². The number of carbonyl (C=O) groups is 1. The van der Waals surface area contributed by atoms with E-state index in [1.807, 2.05) is 6.92 Å². The predicted octanol–water partition coefficient (Wildman–Crippen LogP) is 2.77. The van der Waals surface area contributed by atoms with Crippen molar-refractivity contribution in [1.29, 1.82) is 0 Å². The van der Waals surface area contributed by atoms with Gasteiger partial charge >= 0.3 is 0 Å². The number of hydrogen-bond acceptors (Lipinski definition) is 7. The number of fused-ring (bicyclic) bond motifs is 1. The fourth-order valence-corrected chi connectivity index (χ4v) is 3.10. The number of pyridine rings is 1. The first-order chi connectivity index (χ1) is 14.5. The lowest BCUT2D eigenvalue weighted by Crippen LogP contribution is -2.16. The SMILES string of the molecule is CCCCOc1ncc(C(C)=O)cc1-c1nc2c(CC)nn(CCOC)c2c(=O)[nH]1. The first-order valence-electron chi connectivity index (χ1n) is 10.1. The largest absolute Gasteiger partial charge is 0.477 e. The van der Waals surface area contributed by atoms with Crippen LogP contribution in [-0.2, 0) is 17.7 Å². The number of nitrogens with zero attached hydrogens (tertiary/aromatic N) is 4. The molecule has 0 radical (unpaired) electrons. The number of methoxy groups -OCH3 is 1. The van der Waals surface area contributed by atoms with Crippen molar-refractivity contribution in [3.8, 4) is 17.3 Å². The molecule has 0 saturated heterocycles. The van der Waals surface area contributed by atoms with E-state index in [9.17, 15) is 9.59 Å². The first-order valence-corrected chi connectivity index (χ1v) is 10.1. The van der Waals surface area contributed by atoms with E-state index in [-0.39, 0.29) is 11.3 Å². The zero-order chi connectivity index (χ0) is 21.7. The van der Waals surface area contributed by atoms with Crippen molar-refractivity contribution in [2.45, 2.75) is 46.6 Å². The summed E-state index contributed by atoms with van der Waals surface area (Å²) >= 11 is 0. The Morgan fingerprint density at radius 3 is 2.73 bits per heavy atom. The van der Waals surface area contributed by atoms with Gasteiger partial charge in [-0.15, -0.1) is 0 Å². The van der Waals surface area contributed by atoms with E-state index in [0.717, 1.165) is 18.5 Å². The van der Waals surface area contributed by atoms with Crippen molar-refractivity contribution in [2.75, 3.05) is 20.3 Å². The van der Waals surface area contributed by atoms with Gasteiger partial charge in [-0.25, -0.2) is 9.97 Å². The van der Waals surface area contributed by atoms with Gasteiger partial charge in [0.15, 0.2) is 11.3 Å². The lowest BCUT2D eigenvalue weighted by atomic mass is 10.1. The van der Waals surface area contributed by atoms with Crippen molar-refractivity contribution in [3.05, 3.63) is 33.9 Å². The van der Waals surface area contributed by atoms with Gasteiger partial charge in [-0.1, -0.05) is 20.3 Å². The van der Waals surface area contributed by atoms with E-state index in [1.54, 1.807) is 17.9 Å². The van der Waals surface area contributed by atoms with Gasteiger partial charge in [0.05, 0.1) is 31.0 Å². The number of unbranched alkanes of at least 4 members (excludes halogenated alkanes) is 1. The Balaban J connectivity index is 2.17. The van der Waals surface area contributed by atoms with Crippen molar-refractivity contribution in [2.24, 2.45) is 0 Å². The van der Waals surface area contributed by atoms with Crippen LogP contribution in [0.5, 0.6) is 5.88 Å². The molecule has 0 aliphatic heterocycles. The molecule has 0 aliphatic rings. The minimum Gasteiger partial charge on any atom is -0.477 e. The molecule has 1 N–H and O–H groups in total. The summed E-state index contributed by atoms with van der Waals surface area (Å²) < 4.78 is 12.6. The van der Waals surface area contributed by atoms with Crippen molar-refractivity contribution < 1.29 is 14.3 Å². The summed E-state index contributed by atoms with van der Waals surface area (Å²) in [6.45, 7) is 6.86. The van der Waals surface area contributed by atoms with E-state index >= 15 is 0 Å². The second-order valence-electron chi connectivity index (χ2n) is 6.96. The lowest BCUT2D eigenvalue weighted by Gasteiger charge is -2.11. The van der Waals surface area contributed by atoms with Gasteiger partial charge in [-0.3, -0.25) is 14.3 Å². The second-order valence-corrected chi connectivity index (χ2v) is 6.96. The summed E-state index contributed by atoms with van der Waals surface area (Å²) in [5, 5.41) is 4.52. The number of ketones is 1. The maximum Gasteiger partial charge on any atom is 0.277 e. The Labute approximate surface area is 174 Å². The number of nitrogens with one attached hydrogen (secondary N) is 1. The van der Waals surface area contributed by atoms with Gasteiger partial charge in [0.1, 0.15) is 11.3 Å². The molecular weight excluding hydrogens is 386 g/mol. The van der Waals surface area contributed by atoms with E-state index in [2.05, 4.69) is 27.0 Å². The molecule has 30 heavy (non-hydrogen) atoms. The topological polar surface area (TPSA) is 112 Å². The number of H-pyrrole nitrogens is 1. The zero-order valence-electron chi connectivity index (χ0n) is 17.8. The van der Waals surface area contributed by atoms with Crippen LogP contribution in [0.1, 0.15) is 49.7 Å². The number of aromatic nitrogens is 5.